The summed E-state index contributed by atoms with van der Waals surface area (Å²) in [6, 6.07) is 12.3. The van der Waals surface area contributed by atoms with Gasteiger partial charge in [0.25, 0.3) is 0 Å². The molecule has 0 aliphatic heterocycles. The molecule has 2 aromatic carbocycles. The van der Waals surface area contributed by atoms with Gasteiger partial charge in [0.2, 0.25) is 0 Å². The molecule has 100 valence electrons. The highest BCUT2D eigenvalue weighted by molar-refractivity contribution is 6.17. The number of rotatable bonds is 4. The van der Waals surface area contributed by atoms with Crippen LogP contribution in [0, 0.1) is 5.82 Å². The number of anilines is 1. The minimum absolute atomic E-state index is 0.0787. The highest BCUT2D eigenvalue weighted by Gasteiger charge is 2.09. The summed E-state index contributed by atoms with van der Waals surface area (Å²) in [5.41, 5.74) is 1.39. The molecule has 0 saturated heterocycles. The highest BCUT2D eigenvalue weighted by Crippen LogP contribution is 2.30. The van der Waals surface area contributed by atoms with Crippen LogP contribution in [0.15, 0.2) is 42.5 Å². The summed E-state index contributed by atoms with van der Waals surface area (Å²) >= 11 is 5.76. The van der Waals surface area contributed by atoms with E-state index in [9.17, 15) is 4.39 Å². The predicted octanol–water partition coefficient (Wildman–Crippen LogP) is 4.42. The van der Waals surface area contributed by atoms with Gasteiger partial charge in [-0.3, -0.25) is 0 Å². The molecule has 0 amide bonds. The van der Waals surface area contributed by atoms with Crippen LogP contribution < -0.4 is 9.64 Å². The Hall–Kier alpha value is -1.74. The summed E-state index contributed by atoms with van der Waals surface area (Å²) in [7, 11) is 3.90. The number of ether oxygens (including phenoxy) is 1. The third-order valence-electron chi connectivity index (χ3n) is 2.77. The van der Waals surface area contributed by atoms with Gasteiger partial charge in [-0.1, -0.05) is 12.1 Å². The van der Waals surface area contributed by atoms with Gasteiger partial charge in [0.05, 0.1) is 5.88 Å². The average molecular weight is 280 g/mol. The maximum atomic E-state index is 13.6. The molecule has 2 aromatic rings. The Kier molecular flexibility index (Phi) is 4.27. The van der Waals surface area contributed by atoms with Gasteiger partial charge in [-0.2, -0.15) is 0 Å². The standard InChI is InChI=1S/C15H15ClFNO/c1-18(2)11-5-3-6-12(9-11)19-15-8-4-7-14(17)13(15)10-16/h3-9H,10H2,1-2H3. The van der Waals surface area contributed by atoms with Gasteiger partial charge in [0.15, 0.2) is 0 Å². The first kappa shape index (κ1) is 13.7. The number of alkyl halides is 1. The summed E-state index contributed by atoms with van der Waals surface area (Å²) < 4.78 is 19.3. The zero-order valence-electron chi connectivity index (χ0n) is 10.9. The lowest BCUT2D eigenvalue weighted by Crippen LogP contribution is -2.08. The lowest BCUT2D eigenvalue weighted by atomic mass is 10.2. The number of nitrogens with zero attached hydrogens (tertiary/aromatic N) is 1. The van der Waals surface area contributed by atoms with Crippen molar-refractivity contribution in [1.82, 2.24) is 0 Å². The molecular weight excluding hydrogens is 265 g/mol. The molecule has 2 nitrogen and oxygen atoms in total. The van der Waals surface area contributed by atoms with E-state index >= 15 is 0 Å². The predicted molar refractivity (Wildman–Crippen MR) is 76.8 cm³/mol. The Bertz CT molecular complexity index is 572. The Morgan fingerprint density at radius 1 is 1.16 bits per heavy atom. The molecule has 0 aliphatic carbocycles. The fourth-order valence-corrected chi connectivity index (χ4v) is 1.98. The van der Waals surface area contributed by atoms with E-state index in [1.807, 2.05) is 43.3 Å². The van der Waals surface area contributed by atoms with Gasteiger partial charge < -0.3 is 9.64 Å². The van der Waals surface area contributed by atoms with Gasteiger partial charge >= 0.3 is 0 Å². The molecular formula is C15H15ClFNO. The van der Waals surface area contributed by atoms with Crippen LogP contribution in [0.25, 0.3) is 0 Å². The van der Waals surface area contributed by atoms with Crippen molar-refractivity contribution in [2.75, 3.05) is 19.0 Å². The minimum atomic E-state index is -0.351. The molecule has 0 N–H and O–H groups in total. The van der Waals surface area contributed by atoms with Gasteiger partial charge in [-0.25, -0.2) is 4.39 Å². The fraction of sp³-hybridized carbons (Fsp3) is 0.200. The molecule has 0 heterocycles. The van der Waals surface area contributed by atoms with Gasteiger partial charge in [-0.05, 0) is 24.3 Å². The van der Waals surface area contributed by atoms with Crippen LogP contribution in [0.5, 0.6) is 11.5 Å². The molecule has 0 atom stereocenters. The molecule has 0 spiro atoms. The normalized spacial score (nSPS) is 10.3. The molecule has 0 radical (unpaired) electrons. The van der Waals surface area contributed by atoms with Crippen molar-refractivity contribution < 1.29 is 9.13 Å². The van der Waals surface area contributed by atoms with Crippen LogP contribution in [-0.4, -0.2) is 14.1 Å². The minimum Gasteiger partial charge on any atom is -0.457 e. The Balaban J connectivity index is 2.31. The van der Waals surface area contributed by atoms with E-state index in [0.29, 0.717) is 17.1 Å². The summed E-state index contributed by atoms with van der Waals surface area (Å²) in [6.45, 7) is 0. The topological polar surface area (TPSA) is 12.5 Å². The second-order valence-corrected chi connectivity index (χ2v) is 4.61. The van der Waals surface area contributed by atoms with E-state index < -0.39 is 0 Å². The van der Waals surface area contributed by atoms with E-state index in [1.165, 1.54) is 6.07 Å². The Labute approximate surface area is 117 Å². The molecule has 2 rings (SSSR count). The van der Waals surface area contributed by atoms with Gasteiger partial charge in [0.1, 0.15) is 17.3 Å². The van der Waals surface area contributed by atoms with E-state index in [-0.39, 0.29) is 11.7 Å². The highest BCUT2D eigenvalue weighted by atomic mass is 35.5. The van der Waals surface area contributed by atoms with Crippen LogP contribution in [-0.2, 0) is 5.88 Å². The van der Waals surface area contributed by atoms with Crippen LogP contribution in [0.3, 0.4) is 0 Å². The zero-order chi connectivity index (χ0) is 13.8. The van der Waals surface area contributed by atoms with Crippen molar-refractivity contribution >= 4 is 17.3 Å². The lowest BCUT2D eigenvalue weighted by Gasteiger charge is -2.15. The molecule has 0 fully saturated rings. The van der Waals surface area contributed by atoms with Crippen molar-refractivity contribution in [3.8, 4) is 11.5 Å². The van der Waals surface area contributed by atoms with Crippen molar-refractivity contribution in [1.29, 1.82) is 0 Å². The van der Waals surface area contributed by atoms with Crippen molar-refractivity contribution in [2.45, 2.75) is 5.88 Å². The molecule has 19 heavy (non-hydrogen) atoms. The van der Waals surface area contributed by atoms with E-state index in [4.69, 9.17) is 16.3 Å². The number of benzene rings is 2. The molecule has 0 aromatic heterocycles. The lowest BCUT2D eigenvalue weighted by molar-refractivity contribution is 0.470. The summed E-state index contributed by atoms with van der Waals surface area (Å²) in [5, 5.41) is 0. The monoisotopic (exact) mass is 279 g/mol. The van der Waals surface area contributed by atoms with Gasteiger partial charge in [-0.15, -0.1) is 11.6 Å². The van der Waals surface area contributed by atoms with Crippen LogP contribution in [0.4, 0.5) is 10.1 Å². The number of hydrogen-bond acceptors (Lipinski definition) is 2. The van der Waals surface area contributed by atoms with Crippen molar-refractivity contribution in [3.63, 3.8) is 0 Å². The summed E-state index contributed by atoms with van der Waals surface area (Å²) in [5.74, 6) is 0.834. The largest absolute Gasteiger partial charge is 0.457 e. The van der Waals surface area contributed by atoms with Crippen molar-refractivity contribution in [2.24, 2.45) is 0 Å². The fourth-order valence-electron chi connectivity index (χ4n) is 1.72. The number of halogens is 2. The quantitative estimate of drug-likeness (QED) is 0.768. The second kappa shape index (κ2) is 5.93. The third kappa shape index (κ3) is 3.18. The van der Waals surface area contributed by atoms with Gasteiger partial charge in [0, 0.05) is 31.4 Å². The van der Waals surface area contributed by atoms with Crippen LogP contribution >= 0.6 is 11.6 Å². The summed E-state index contributed by atoms with van der Waals surface area (Å²) in [6.07, 6.45) is 0. The first-order valence-corrected chi connectivity index (χ1v) is 6.44. The molecule has 0 unspecified atom stereocenters. The molecule has 4 heteroatoms. The second-order valence-electron chi connectivity index (χ2n) is 4.34. The summed E-state index contributed by atoms with van der Waals surface area (Å²) in [4.78, 5) is 1.97. The SMILES string of the molecule is CN(C)c1cccc(Oc2cccc(F)c2CCl)c1. The van der Waals surface area contributed by atoms with Crippen molar-refractivity contribution in [3.05, 3.63) is 53.8 Å². The third-order valence-corrected chi connectivity index (χ3v) is 3.04. The Morgan fingerprint density at radius 2 is 1.89 bits per heavy atom. The number of hydrogen-bond donors (Lipinski definition) is 0. The van der Waals surface area contributed by atoms with E-state index in [2.05, 4.69) is 0 Å². The maximum absolute atomic E-state index is 13.6. The molecule has 0 bridgehead atoms. The molecule has 0 saturated carbocycles. The smallest absolute Gasteiger partial charge is 0.134 e. The van der Waals surface area contributed by atoms with E-state index in [1.54, 1.807) is 12.1 Å². The van der Waals surface area contributed by atoms with Crippen LogP contribution in [0.2, 0.25) is 0 Å². The first-order chi connectivity index (χ1) is 9.11. The van der Waals surface area contributed by atoms with E-state index in [0.717, 1.165) is 5.69 Å². The van der Waals surface area contributed by atoms with Crippen LogP contribution in [0.1, 0.15) is 5.56 Å². The Morgan fingerprint density at radius 3 is 2.58 bits per heavy atom. The first-order valence-electron chi connectivity index (χ1n) is 5.90. The maximum Gasteiger partial charge on any atom is 0.134 e. The molecule has 0 aliphatic rings. The zero-order valence-corrected chi connectivity index (χ0v) is 11.6. The average Bonchev–Trinajstić information content (AvgIpc) is 2.39.